The molecule has 0 aromatic heterocycles. The van der Waals surface area contributed by atoms with E-state index in [4.69, 9.17) is 10.8 Å². The first-order valence-electron chi connectivity index (χ1n) is 5.84. The van der Waals surface area contributed by atoms with E-state index in [-0.39, 0.29) is 6.42 Å². The molecule has 0 aliphatic carbocycles. The van der Waals surface area contributed by atoms with Crippen molar-refractivity contribution >= 4 is 11.7 Å². The number of hydrogen-bond acceptors (Lipinski definition) is 3. The van der Waals surface area contributed by atoms with Crippen LogP contribution in [-0.4, -0.2) is 24.2 Å². The molecule has 1 aliphatic rings. The van der Waals surface area contributed by atoms with Gasteiger partial charge in [-0.05, 0) is 30.5 Å². The van der Waals surface area contributed by atoms with E-state index in [0.717, 1.165) is 24.2 Å². The fourth-order valence-electron chi connectivity index (χ4n) is 2.60. The van der Waals surface area contributed by atoms with Crippen LogP contribution in [0.2, 0.25) is 0 Å². The molecule has 4 heteroatoms. The Morgan fingerprint density at radius 3 is 3.00 bits per heavy atom. The number of rotatable bonds is 3. The van der Waals surface area contributed by atoms with Gasteiger partial charge < -0.3 is 16.2 Å². The van der Waals surface area contributed by atoms with Gasteiger partial charge in [-0.2, -0.15) is 0 Å². The first kappa shape index (κ1) is 11.9. The van der Waals surface area contributed by atoms with E-state index < -0.39 is 11.4 Å². The van der Waals surface area contributed by atoms with Crippen LogP contribution in [0, 0.1) is 6.92 Å². The van der Waals surface area contributed by atoms with Crippen molar-refractivity contribution in [3.63, 3.8) is 0 Å². The maximum Gasteiger partial charge on any atom is 0.304 e. The summed E-state index contributed by atoms with van der Waals surface area (Å²) >= 11 is 0. The van der Waals surface area contributed by atoms with E-state index in [1.807, 2.05) is 19.1 Å². The molecule has 0 saturated heterocycles. The number of aryl methyl sites for hydroxylation is 1. The SMILES string of the molecule is Cc1ccc2c(c1)NCCC2(CN)CC(=O)O. The topological polar surface area (TPSA) is 75.3 Å². The van der Waals surface area contributed by atoms with Crippen LogP contribution >= 0.6 is 0 Å². The highest BCUT2D eigenvalue weighted by Gasteiger charge is 2.37. The third kappa shape index (κ3) is 2.13. The zero-order chi connectivity index (χ0) is 12.5. The third-order valence-electron chi connectivity index (χ3n) is 3.55. The Bertz CT molecular complexity index is 445. The summed E-state index contributed by atoms with van der Waals surface area (Å²) in [6, 6.07) is 6.07. The molecule has 4 N–H and O–H groups in total. The molecule has 2 rings (SSSR count). The van der Waals surface area contributed by atoms with Gasteiger partial charge >= 0.3 is 5.97 Å². The lowest BCUT2D eigenvalue weighted by Gasteiger charge is -2.38. The fraction of sp³-hybridized carbons (Fsp3) is 0.462. The summed E-state index contributed by atoms with van der Waals surface area (Å²) in [7, 11) is 0. The third-order valence-corrected chi connectivity index (χ3v) is 3.55. The molecule has 1 atom stereocenters. The predicted molar refractivity (Wildman–Crippen MR) is 67.3 cm³/mol. The number of carboxylic acids is 1. The summed E-state index contributed by atoms with van der Waals surface area (Å²) < 4.78 is 0. The zero-order valence-corrected chi connectivity index (χ0v) is 9.99. The molecule has 0 radical (unpaired) electrons. The molecule has 4 nitrogen and oxygen atoms in total. The van der Waals surface area contributed by atoms with Crippen LogP contribution in [-0.2, 0) is 10.2 Å². The Balaban J connectivity index is 2.47. The quantitative estimate of drug-likeness (QED) is 0.740. The number of anilines is 1. The lowest BCUT2D eigenvalue weighted by molar-refractivity contribution is -0.138. The van der Waals surface area contributed by atoms with Gasteiger partial charge in [-0.15, -0.1) is 0 Å². The molecule has 1 heterocycles. The highest BCUT2D eigenvalue weighted by Crippen LogP contribution is 2.39. The van der Waals surface area contributed by atoms with Crippen molar-refractivity contribution < 1.29 is 9.90 Å². The van der Waals surface area contributed by atoms with Gasteiger partial charge in [0, 0.05) is 24.2 Å². The first-order chi connectivity index (χ1) is 8.07. The number of carbonyl (C=O) groups is 1. The van der Waals surface area contributed by atoms with Crippen LogP contribution in [0.25, 0.3) is 0 Å². The molecule has 0 bridgehead atoms. The zero-order valence-electron chi connectivity index (χ0n) is 9.99. The molecule has 0 fully saturated rings. The van der Waals surface area contributed by atoms with E-state index in [1.54, 1.807) is 0 Å². The van der Waals surface area contributed by atoms with Crippen molar-refractivity contribution in [1.29, 1.82) is 0 Å². The van der Waals surface area contributed by atoms with E-state index in [0.29, 0.717) is 6.54 Å². The second kappa shape index (κ2) is 4.37. The monoisotopic (exact) mass is 234 g/mol. The van der Waals surface area contributed by atoms with Crippen molar-refractivity contribution in [1.82, 2.24) is 0 Å². The molecule has 92 valence electrons. The predicted octanol–water partition coefficient (Wildman–Crippen LogP) is 1.48. The number of carboxylic acid groups (broad SMARTS) is 1. The minimum Gasteiger partial charge on any atom is -0.481 e. The summed E-state index contributed by atoms with van der Waals surface area (Å²) in [5.41, 5.74) is 8.67. The average Bonchev–Trinajstić information content (AvgIpc) is 2.28. The number of benzene rings is 1. The second-order valence-electron chi connectivity index (χ2n) is 4.78. The minimum atomic E-state index is -0.788. The van der Waals surface area contributed by atoms with Gasteiger partial charge in [0.25, 0.3) is 0 Å². The molecule has 17 heavy (non-hydrogen) atoms. The molecule has 1 aromatic rings. The number of nitrogens with one attached hydrogen (secondary N) is 1. The van der Waals surface area contributed by atoms with Crippen LogP contribution in [0.1, 0.15) is 24.0 Å². The Morgan fingerprint density at radius 1 is 1.59 bits per heavy atom. The molecule has 0 saturated carbocycles. The van der Waals surface area contributed by atoms with Crippen molar-refractivity contribution in [2.45, 2.75) is 25.2 Å². The van der Waals surface area contributed by atoms with Crippen molar-refractivity contribution in [3.05, 3.63) is 29.3 Å². The van der Waals surface area contributed by atoms with E-state index in [1.165, 1.54) is 5.56 Å². The van der Waals surface area contributed by atoms with Crippen LogP contribution in [0.3, 0.4) is 0 Å². The fourth-order valence-corrected chi connectivity index (χ4v) is 2.60. The molecule has 0 spiro atoms. The van der Waals surface area contributed by atoms with Gasteiger partial charge in [0.15, 0.2) is 0 Å². The summed E-state index contributed by atoms with van der Waals surface area (Å²) in [6.07, 6.45) is 0.868. The normalized spacial score (nSPS) is 22.7. The Hall–Kier alpha value is -1.55. The summed E-state index contributed by atoms with van der Waals surface area (Å²) in [6.45, 7) is 3.18. The number of nitrogens with two attached hydrogens (primary N) is 1. The maximum absolute atomic E-state index is 11.0. The van der Waals surface area contributed by atoms with Gasteiger partial charge in [-0.1, -0.05) is 12.1 Å². The molecule has 1 aliphatic heterocycles. The highest BCUT2D eigenvalue weighted by molar-refractivity contribution is 5.71. The first-order valence-corrected chi connectivity index (χ1v) is 5.84. The number of fused-ring (bicyclic) bond motifs is 1. The molecular formula is C13H18N2O2. The average molecular weight is 234 g/mol. The van der Waals surface area contributed by atoms with Crippen LogP contribution in [0.15, 0.2) is 18.2 Å². The lowest BCUT2D eigenvalue weighted by Crippen LogP contribution is -2.42. The maximum atomic E-state index is 11.0. The molecule has 1 aromatic carbocycles. The number of aliphatic carboxylic acids is 1. The van der Waals surface area contributed by atoms with E-state index in [9.17, 15) is 4.79 Å². The Kier molecular flexibility index (Phi) is 3.07. The van der Waals surface area contributed by atoms with Crippen molar-refractivity contribution in [2.75, 3.05) is 18.4 Å². The smallest absolute Gasteiger partial charge is 0.304 e. The number of hydrogen-bond donors (Lipinski definition) is 3. The van der Waals surface area contributed by atoms with Gasteiger partial charge in [0.2, 0.25) is 0 Å². The van der Waals surface area contributed by atoms with Crippen molar-refractivity contribution in [2.24, 2.45) is 5.73 Å². The molecule has 1 unspecified atom stereocenters. The van der Waals surface area contributed by atoms with Crippen LogP contribution in [0.4, 0.5) is 5.69 Å². The summed E-state index contributed by atoms with van der Waals surface area (Å²) in [5, 5.41) is 12.4. The lowest BCUT2D eigenvalue weighted by atomic mass is 9.72. The second-order valence-corrected chi connectivity index (χ2v) is 4.78. The van der Waals surface area contributed by atoms with Crippen LogP contribution in [0.5, 0.6) is 0 Å². The van der Waals surface area contributed by atoms with Gasteiger partial charge in [-0.3, -0.25) is 4.79 Å². The van der Waals surface area contributed by atoms with Gasteiger partial charge in [-0.25, -0.2) is 0 Å². The van der Waals surface area contributed by atoms with E-state index >= 15 is 0 Å². The van der Waals surface area contributed by atoms with Gasteiger partial charge in [0.1, 0.15) is 0 Å². The largest absolute Gasteiger partial charge is 0.481 e. The molecular weight excluding hydrogens is 216 g/mol. The van der Waals surface area contributed by atoms with E-state index in [2.05, 4.69) is 11.4 Å². The van der Waals surface area contributed by atoms with Crippen molar-refractivity contribution in [3.8, 4) is 0 Å². The Labute approximate surface area is 101 Å². The standard InChI is InChI=1S/C13H18N2O2/c1-9-2-3-10-11(6-9)15-5-4-13(10,8-14)7-12(16)17/h2-3,6,15H,4-5,7-8,14H2,1H3,(H,16,17). The Morgan fingerprint density at radius 2 is 2.35 bits per heavy atom. The molecule has 0 amide bonds. The summed E-state index contributed by atoms with van der Waals surface area (Å²) in [5.74, 6) is -0.788. The van der Waals surface area contributed by atoms with Crippen LogP contribution < -0.4 is 11.1 Å². The van der Waals surface area contributed by atoms with Gasteiger partial charge in [0.05, 0.1) is 6.42 Å². The summed E-state index contributed by atoms with van der Waals surface area (Å²) in [4.78, 5) is 11.0. The minimum absolute atomic E-state index is 0.0985. The highest BCUT2D eigenvalue weighted by atomic mass is 16.4.